The van der Waals surface area contributed by atoms with Crippen molar-refractivity contribution in [1.29, 1.82) is 0 Å². The molecule has 0 radical (unpaired) electrons. The zero-order valence-electron chi connectivity index (χ0n) is 14.1. The summed E-state index contributed by atoms with van der Waals surface area (Å²) in [5.74, 6) is -1.56. The van der Waals surface area contributed by atoms with Crippen LogP contribution < -0.4 is 16.0 Å². The van der Waals surface area contributed by atoms with Crippen LogP contribution in [0.5, 0.6) is 0 Å². The Morgan fingerprint density at radius 1 is 1.27 bits per heavy atom. The van der Waals surface area contributed by atoms with Gasteiger partial charge in [0.2, 0.25) is 11.8 Å². The lowest BCUT2D eigenvalue weighted by molar-refractivity contribution is -0.158. The number of thioether (sulfide) groups is 2. The van der Waals surface area contributed by atoms with Gasteiger partial charge in [-0.15, -0.1) is 23.5 Å². The van der Waals surface area contributed by atoms with Gasteiger partial charge in [0.1, 0.15) is 11.3 Å². The van der Waals surface area contributed by atoms with Crippen LogP contribution in [0.4, 0.5) is 18.0 Å². The Morgan fingerprint density at radius 3 is 2.58 bits per heavy atom. The molecule has 0 spiro atoms. The Labute approximate surface area is 156 Å². The summed E-state index contributed by atoms with van der Waals surface area (Å²) in [6, 6.07) is -1.94. The highest BCUT2D eigenvalue weighted by Gasteiger charge is 2.53. The average molecular weight is 415 g/mol. The van der Waals surface area contributed by atoms with Crippen LogP contribution in [0.1, 0.15) is 20.3 Å². The number of alkyl carbamates (subject to hydrolysis) is 1. The lowest BCUT2D eigenvalue weighted by Crippen LogP contribution is -2.53. The van der Waals surface area contributed by atoms with Crippen molar-refractivity contribution < 1.29 is 32.3 Å². The minimum Gasteiger partial charge on any atom is -0.450 e. The van der Waals surface area contributed by atoms with Crippen molar-refractivity contribution >= 4 is 41.4 Å². The molecule has 12 heteroatoms. The monoisotopic (exact) mass is 415 g/mol. The highest BCUT2D eigenvalue weighted by molar-refractivity contribution is 8.01. The number of hydrogen-bond acceptors (Lipinski definition) is 7. The number of hydrogen-bond donors (Lipinski definition) is 3. The van der Waals surface area contributed by atoms with Crippen molar-refractivity contribution in [2.75, 3.05) is 12.4 Å². The number of halogens is 3. The first-order valence-electron chi connectivity index (χ1n) is 8.01. The SMILES string of the molecule is CCOC(=O)NC(=O)C1CCSC1NC(=O)C1SC(C)NC1C(F)(F)F. The van der Waals surface area contributed by atoms with Crippen molar-refractivity contribution in [3.8, 4) is 0 Å². The van der Waals surface area contributed by atoms with E-state index in [1.54, 1.807) is 13.8 Å². The first-order chi connectivity index (χ1) is 12.1. The van der Waals surface area contributed by atoms with Crippen LogP contribution in [0.25, 0.3) is 0 Å². The minimum atomic E-state index is -4.55. The molecule has 0 aliphatic carbocycles. The normalized spacial score (nSPS) is 31.5. The van der Waals surface area contributed by atoms with Gasteiger partial charge in [-0.2, -0.15) is 13.2 Å². The molecule has 3 N–H and O–H groups in total. The summed E-state index contributed by atoms with van der Waals surface area (Å²) in [5, 5.41) is 4.41. The molecule has 2 heterocycles. The molecule has 26 heavy (non-hydrogen) atoms. The first kappa shape index (κ1) is 21.2. The van der Waals surface area contributed by atoms with Crippen molar-refractivity contribution in [2.45, 2.75) is 48.5 Å². The zero-order valence-corrected chi connectivity index (χ0v) is 15.7. The van der Waals surface area contributed by atoms with E-state index in [1.165, 1.54) is 11.8 Å². The van der Waals surface area contributed by atoms with Crippen LogP contribution in [0.15, 0.2) is 0 Å². The topological polar surface area (TPSA) is 96.5 Å². The second-order valence-electron chi connectivity index (χ2n) is 5.79. The van der Waals surface area contributed by atoms with Gasteiger partial charge in [0.25, 0.3) is 0 Å². The fraction of sp³-hybridized carbons (Fsp3) is 0.786. The molecule has 3 amide bonds. The van der Waals surface area contributed by atoms with Gasteiger partial charge in [-0.05, 0) is 26.0 Å². The van der Waals surface area contributed by atoms with Crippen molar-refractivity contribution in [3.63, 3.8) is 0 Å². The summed E-state index contributed by atoms with van der Waals surface area (Å²) in [6.45, 7) is 3.24. The lowest BCUT2D eigenvalue weighted by atomic mass is 10.1. The summed E-state index contributed by atoms with van der Waals surface area (Å²) in [5.41, 5.74) is 0. The molecular weight excluding hydrogens is 395 g/mol. The molecule has 2 saturated heterocycles. The van der Waals surface area contributed by atoms with E-state index in [-0.39, 0.29) is 6.61 Å². The summed E-state index contributed by atoms with van der Waals surface area (Å²) in [7, 11) is 0. The second-order valence-corrected chi connectivity index (χ2v) is 8.53. The van der Waals surface area contributed by atoms with Gasteiger partial charge in [-0.25, -0.2) is 4.79 Å². The maximum atomic E-state index is 13.1. The molecule has 7 nitrogen and oxygen atoms in total. The summed E-state index contributed by atoms with van der Waals surface area (Å²) in [6.07, 6.45) is -5.04. The van der Waals surface area contributed by atoms with Gasteiger partial charge in [-0.3, -0.25) is 20.2 Å². The molecule has 2 aliphatic rings. The quantitative estimate of drug-likeness (QED) is 0.639. The summed E-state index contributed by atoms with van der Waals surface area (Å²) in [4.78, 5) is 35.9. The largest absolute Gasteiger partial charge is 0.450 e. The molecule has 5 atom stereocenters. The van der Waals surface area contributed by atoms with Crippen LogP contribution >= 0.6 is 23.5 Å². The van der Waals surface area contributed by atoms with Crippen LogP contribution in [-0.4, -0.2) is 58.5 Å². The number of nitrogens with one attached hydrogen (secondary N) is 3. The minimum absolute atomic E-state index is 0.0988. The van der Waals surface area contributed by atoms with E-state index >= 15 is 0 Å². The third kappa shape index (κ3) is 5.19. The first-order valence-corrected chi connectivity index (χ1v) is 10.0. The van der Waals surface area contributed by atoms with E-state index in [9.17, 15) is 27.6 Å². The third-order valence-corrected chi connectivity index (χ3v) is 6.49. The summed E-state index contributed by atoms with van der Waals surface area (Å²) < 4.78 is 43.9. The van der Waals surface area contributed by atoms with Crippen LogP contribution in [0, 0.1) is 5.92 Å². The van der Waals surface area contributed by atoms with Gasteiger partial charge in [0, 0.05) is 0 Å². The molecule has 0 bridgehead atoms. The van der Waals surface area contributed by atoms with E-state index in [1.807, 2.05) is 0 Å². The van der Waals surface area contributed by atoms with Crippen LogP contribution in [0.3, 0.4) is 0 Å². The van der Waals surface area contributed by atoms with Gasteiger partial charge >= 0.3 is 12.3 Å². The standard InChI is InChI=1S/C14H20F3N3O4S2/c1-3-24-13(23)20-10(21)7-4-5-25-12(7)19-11(22)8-9(14(15,16)17)18-6(2)26-8/h6-9,12,18H,3-5H2,1-2H3,(H,19,22)(H,20,21,23). The van der Waals surface area contributed by atoms with Gasteiger partial charge in [-0.1, -0.05) is 0 Å². The number of alkyl halides is 3. The lowest BCUT2D eigenvalue weighted by Gasteiger charge is -2.24. The molecular formula is C14H20F3N3O4S2. The fourth-order valence-electron chi connectivity index (χ4n) is 2.74. The highest BCUT2D eigenvalue weighted by Crippen LogP contribution is 2.37. The Hall–Kier alpha value is -1.14. The average Bonchev–Trinajstić information content (AvgIpc) is 3.13. The molecule has 5 unspecified atom stereocenters. The Kier molecular flexibility index (Phi) is 7.08. The Balaban J connectivity index is 1.98. The number of carbonyl (C=O) groups excluding carboxylic acids is 3. The Morgan fingerprint density at radius 2 is 1.96 bits per heavy atom. The predicted octanol–water partition coefficient (Wildman–Crippen LogP) is 1.44. The maximum absolute atomic E-state index is 13.1. The number of rotatable bonds is 4. The zero-order chi connectivity index (χ0) is 19.5. The van der Waals surface area contributed by atoms with Crippen LogP contribution in [0.2, 0.25) is 0 Å². The molecule has 2 aliphatic heterocycles. The molecule has 148 valence electrons. The Bertz CT molecular complexity index is 564. The second kappa shape index (κ2) is 8.70. The van der Waals surface area contributed by atoms with Crippen molar-refractivity contribution in [1.82, 2.24) is 16.0 Å². The molecule has 0 saturated carbocycles. The van der Waals surface area contributed by atoms with Gasteiger partial charge in [0.15, 0.2) is 0 Å². The number of amides is 3. The highest BCUT2D eigenvalue weighted by atomic mass is 32.2. The number of carbonyl (C=O) groups is 3. The van der Waals surface area contributed by atoms with Gasteiger partial charge < -0.3 is 10.1 Å². The smallest absolute Gasteiger partial charge is 0.413 e. The van der Waals surface area contributed by atoms with Gasteiger partial charge in [0.05, 0.1) is 23.3 Å². The van der Waals surface area contributed by atoms with Crippen molar-refractivity contribution in [2.24, 2.45) is 5.92 Å². The van der Waals surface area contributed by atoms with Crippen molar-refractivity contribution in [3.05, 3.63) is 0 Å². The molecule has 2 fully saturated rings. The van der Waals surface area contributed by atoms with E-state index < -0.39 is 52.0 Å². The van der Waals surface area contributed by atoms with Crippen LogP contribution in [-0.2, 0) is 14.3 Å². The molecule has 0 aromatic rings. The summed E-state index contributed by atoms with van der Waals surface area (Å²) >= 11 is 2.15. The third-order valence-electron chi connectivity index (χ3n) is 3.89. The number of imide groups is 1. The van der Waals surface area contributed by atoms with E-state index in [0.717, 1.165) is 11.8 Å². The molecule has 2 rings (SSSR count). The number of ether oxygens (including phenoxy) is 1. The van der Waals surface area contributed by atoms with E-state index in [4.69, 9.17) is 0 Å². The fourth-order valence-corrected chi connectivity index (χ4v) is 5.32. The molecule has 0 aromatic heterocycles. The predicted molar refractivity (Wildman–Crippen MR) is 91.5 cm³/mol. The van der Waals surface area contributed by atoms with E-state index in [0.29, 0.717) is 12.2 Å². The van der Waals surface area contributed by atoms with E-state index in [2.05, 4.69) is 20.7 Å². The molecule has 0 aromatic carbocycles. The maximum Gasteiger partial charge on any atom is 0.413 e.